The van der Waals surface area contributed by atoms with E-state index in [-0.39, 0.29) is 6.61 Å². The number of β-amino-alcohol motifs (C(OH)–C–C–N with tert-alkyl or cyclic N) is 1. The highest BCUT2D eigenvalue weighted by Crippen LogP contribution is 2.11. The van der Waals surface area contributed by atoms with E-state index in [9.17, 15) is 0 Å². The smallest absolute Gasteiger partial charge is 0.230 e. The van der Waals surface area contributed by atoms with Crippen LogP contribution >= 0.6 is 0 Å². The number of aliphatic hydroxyl groups excluding tert-OH is 1. The lowest BCUT2D eigenvalue weighted by molar-refractivity contribution is 0.102. The first-order chi connectivity index (χ1) is 10.8. The quantitative estimate of drug-likeness (QED) is 0.850. The van der Waals surface area contributed by atoms with Crippen molar-refractivity contribution in [1.82, 2.24) is 20.0 Å². The van der Waals surface area contributed by atoms with Crippen LogP contribution in [-0.4, -0.2) is 64.4 Å². The monoisotopic (exact) mass is 302 g/mol. The molecule has 118 valence electrons. The maximum Gasteiger partial charge on any atom is 0.230 e. The van der Waals surface area contributed by atoms with E-state index in [1.165, 1.54) is 5.56 Å². The normalized spacial score (nSPS) is 17.0. The summed E-state index contributed by atoms with van der Waals surface area (Å²) in [6, 6.07) is 10.1. The molecule has 2 aromatic rings. The highest BCUT2D eigenvalue weighted by atomic mass is 16.4. The lowest BCUT2D eigenvalue weighted by Gasteiger charge is -2.33. The number of rotatable bonds is 6. The molecule has 1 saturated heterocycles. The second-order valence-electron chi connectivity index (χ2n) is 5.59. The number of aliphatic hydroxyl groups is 1. The number of hydrogen-bond donors (Lipinski definition) is 1. The van der Waals surface area contributed by atoms with Gasteiger partial charge in [-0.1, -0.05) is 30.3 Å². The Morgan fingerprint density at radius 3 is 2.36 bits per heavy atom. The number of piperazine rings is 1. The molecular weight excluding hydrogens is 280 g/mol. The molecule has 1 aromatic carbocycles. The van der Waals surface area contributed by atoms with Gasteiger partial charge in [0.2, 0.25) is 11.8 Å². The first-order valence-electron chi connectivity index (χ1n) is 7.74. The van der Waals surface area contributed by atoms with Crippen LogP contribution in [0.3, 0.4) is 0 Å². The lowest BCUT2D eigenvalue weighted by Crippen LogP contribution is -2.46. The molecule has 0 unspecified atom stereocenters. The van der Waals surface area contributed by atoms with E-state index in [0.29, 0.717) is 24.7 Å². The van der Waals surface area contributed by atoms with Crippen molar-refractivity contribution in [2.45, 2.75) is 13.0 Å². The fourth-order valence-electron chi connectivity index (χ4n) is 2.70. The van der Waals surface area contributed by atoms with Crippen molar-refractivity contribution >= 4 is 0 Å². The third-order valence-electron chi connectivity index (χ3n) is 3.95. The van der Waals surface area contributed by atoms with Crippen LogP contribution in [0.2, 0.25) is 0 Å². The molecule has 1 aliphatic rings. The molecule has 6 heteroatoms. The van der Waals surface area contributed by atoms with Crippen molar-refractivity contribution in [2.24, 2.45) is 0 Å². The van der Waals surface area contributed by atoms with Gasteiger partial charge in [-0.2, -0.15) is 0 Å². The predicted molar refractivity (Wildman–Crippen MR) is 82.3 cm³/mol. The molecule has 1 aliphatic heterocycles. The summed E-state index contributed by atoms with van der Waals surface area (Å²) < 4.78 is 5.75. The summed E-state index contributed by atoms with van der Waals surface area (Å²) in [6.45, 7) is 5.58. The minimum absolute atomic E-state index is 0.229. The van der Waals surface area contributed by atoms with Crippen molar-refractivity contribution in [1.29, 1.82) is 0 Å². The Bertz CT molecular complexity index is 565. The molecule has 22 heavy (non-hydrogen) atoms. The maximum absolute atomic E-state index is 8.95. The first kappa shape index (κ1) is 15.1. The van der Waals surface area contributed by atoms with Crippen LogP contribution < -0.4 is 0 Å². The Kier molecular flexibility index (Phi) is 5.15. The molecular formula is C16H22N4O2. The second kappa shape index (κ2) is 7.49. The SMILES string of the molecule is OCCN1CCN(Cc2nnc(Cc3ccccc3)o2)CC1. The van der Waals surface area contributed by atoms with Crippen LogP contribution in [0.1, 0.15) is 17.3 Å². The molecule has 0 radical (unpaired) electrons. The van der Waals surface area contributed by atoms with E-state index in [1.807, 2.05) is 18.2 Å². The van der Waals surface area contributed by atoms with E-state index in [2.05, 4.69) is 32.1 Å². The van der Waals surface area contributed by atoms with Gasteiger partial charge in [-0.25, -0.2) is 0 Å². The molecule has 6 nitrogen and oxygen atoms in total. The lowest BCUT2D eigenvalue weighted by atomic mass is 10.2. The zero-order chi connectivity index (χ0) is 15.2. The Balaban J connectivity index is 1.50. The summed E-state index contributed by atoms with van der Waals surface area (Å²) in [5.41, 5.74) is 1.18. The van der Waals surface area contributed by atoms with Crippen LogP contribution in [0, 0.1) is 0 Å². The van der Waals surface area contributed by atoms with Crippen molar-refractivity contribution in [3.8, 4) is 0 Å². The molecule has 1 N–H and O–H groups in total. The van der Waals surface area contributed by atoms with Gasteiger partial charge in [0.1, 0.15) is 0 Å². The molecule has 0 saturated carbocycles. The van der Waals surface area contributed by atoms with Gasteiger partial charge in [0, 0.05) is 32.7 Å². The zero-order valence-electron chi connectivity index (χ0n) is 12.7. The number of nitrogens with zero attached hydrogens (tertiary/aromatic N) is 4. The molecule has 2 heterocycles. The molecule has 0 bridgehead atoms. The van der Waals surface area contributed by atoms with Crippen molar-refractivity contribution in [3.05, 3.63) is 47.7 Å². The summed E-state index contributed by atoms with van der Waals surface area (Å²) in [5, 5.41) is 17.2. The molecule has 0 amide bonds. The largest absolute Gasteiger partial charge is 0.424 e. The van der Waals surface area contributed by atoms with Crippen LogP contribution in [0.25, 0.3) is 0 Å². The number of aromatic nitrogens is 2. The van der Waals surface area contributed by atoms with E-state index in [4.69, 9.17) is 9.52 Å². The minimum Gasteiger partial charge on any atom is -0.424 e. The van der Waals surface area contributed by atoms with Crippen LogP contribution in [0.15, 0.2) is 34.7 Å². The summed E-state index contributed by atoms with van der Waals surface area (Å²) in [5.74, 6) is 1.35. The van der Waals surface area contributed by atoms with Gasteiger partial charge in [0.15, 0.2) is 0 Å². The summed E-state index contributed by atoms with van der Waals surface area (Å²) in [7, 11) is 0. The summed E-state index contributed by atoms with van der Waals surface area (Å²) >= 11 is 0. The van der Waals surface area contributed by atoms with Crippen molar-refractivity contribution < 1.29 is 9.52 Å². The standard InChI is InChI=1S/C16H22N4O2/c21-11-10-19-6-8-20(9-7-19)13-16-18-17-15(22-16)12-14-4-2-1-3-5-14/h1-5,21H,6-13H2. The minimum atomic E-state index is 0.229. The van der Waals surface area contributed by atoms with Crippen LogP contribution in [-0.2, 0) is 13.0 Å². The Morgan fingerprint density at radius 1 is 0.955 bits per heavy atom. The molecule has 0 aliphatic carbocycles. The zero-order valence-corrected chi connectivity index (χ0v) is 12.7. The average Bonchev–Trinajstić information content (AvgIpc) is 2.98. The molecule has 0 spiro atoms. The third-order valence-corrected chi connectivity index (χ3v) is 3.95. The first-order valence-corrected chi connectivity index (χ1v) is 7.74. The predicted octanol–water partition coefficient (Wildman–Crippen LogP) is 0.770. The topological polar surface area (TPSA) is 65.6 Å². The third kappa shape index (κ3) is 4.13. The van der Waals surface area contributed by atoms with E-state index in [0.717, 1.165) is 32.7 Å². The van der Waals surface area contributed by atoms with E-state index < -0.39 is 0 Å². The fourth-order valence-corrected chi connectivity index (χ4v) is 2.70. The fraction of sp³-hybridized carbons (Fsp3) is 0.500. The molecule has 1 aromatic heterocycles. The van der Waals surface area contributed by atoms with Gasteiger partial charge in [-0.05, 0) is 5.56 Å². The van der Waals surface area contributed by atoms with Gasteiger partial charge in [0.05, 0.1) is 19.6 Å². The van der Waals surface area contributed by atoms with Crippen LogP contribution in [0.5, 0.6) is 0 Å². The van der Waals surface area contributed by atoms with Gasteiger partial charge >= 0.3 is 0 Å². The number of hydrogen-bond acceptors (Lipinski definition) is 6. The average molecular weight is 302 g/mol. The van der Waals surface area contributed by atoms with Gasteiger partial charge < -0.3 is 9.52 Å². The van der Waals surface area contributed by atoms with E-state index >= 15 is 0 Å². The molecule has 1 fully saturated rings. The molecule has 0 atom stereocenters. The van der Waals surface area contributed by atoms with E-state index in [1.54, 1.807) is 0 Å². The van der Waals surface area contributed by atoms with Gasteiger partial charge in [-0.15, -0.1) is 10.2 Å². The van der Waals surface area contributed by atoms with Crippen molar-refractivity contribution in [3.63, 3.8) is 0 Å². The van der Waals surface area contributed by atoms with Gasteiger partial charge in [-0.3, -0.25) is 9.80 Å². The maximum atomic E-state index is 8.95. The summed E-state index contributed by atoms with van der Waals surface area (Å²) in [6.07, 6.45) is 0.679. The number of benzene rings is 1. The Morgan fingerprint density at radius 2 is 1.64 bits per heavy atom. The van der Waals surface area contributed by atoms with Gasteiger partial charge in [0.25, 0.3) is 0 Å². The Labute approximate surface area is 130 Å². The van der Waals surface area contributed by atoms with Crippen molar-refractivity contribution in [2.75, 3.05) is 39.3 Å². The summed E-state index contributed by atoms with van der Waals surface area (Å²) in [4.78, 5) is 4.58. The molecule has 3 rings (SSSR count). The highest BCUT2D eigenvalue weighted by molar-refractivity contribution is 5.17. The van der Waals surface area contributed by atoms with Crippen LogP contribution in [0.4, 0.5) is 0 Å². The highest BCUT2D eigenvalue weighted by Gasteiger charge is 2.18. The Hall–Kier alpha value is -1.76. The second-order valence-corrected chi connectivity index (χ2v) is 5.59.